The van der Waals surface area contributed by atoms with E-state index in [9.17, 15) is 31.1 Å². The van der Waals surface area contributed by atoms with Crippen LogP contribution >= 0.6 is 0 Å². The van der Waals surface area contributed by atoms with Crippen LogP contribution < -0.4 is 9.47 Å². The van der Waals surface area contributed by atoms with Crippen LogP contribution in [0.15, 0.2) is 36.4 Å². The second kappa shape index (κ2) is 7.27. The Labute approximate surface area is 144 Å². The molecule has 0 aliphatic heterocycles. The van der Waals surface area contributed by atoms with Crippen LogP contribution in [0.3, 0.4) is 0 Å². The summed E-state index contributed by atoms with van der Waals surface area (Å²) in [5.74, 6) is 0.237. The average Bonchev–Trinajstić information content (AvgIpc) is 2.57. The van der Waals surface area contributed by atoms with Gasteiger partial charge in [-0.1, -0.05) is 0 Å². The highest BCUT2D eigenvalue weighted by Crippen LogP contribution is 2.37. The molecule has 2 aromatic carbocycles. The third-order valence-corrected chi connectivity index (χ3v) is 3.47. The van der Waals surface area contributed by atoms with Crippen LogP contribution in [0.25, 0.3) is 0 Å². The number of carbonyl (C=O) groups is 1. The van der Waals surface area contributed by atoms with Gasteiger partial charge in [0.15, 0.2) is 6.29 Å². The first-order chi connectivity index (χ1) is 12.1. The summed E-state index contributed by atoms with van der Waals surface area (Å²) in [6.07, 6.45) is -9.25. The lowest BCUT2D eigenvalue weighted by molar-refractivity contribution is -0.142. The minimum absolute atomic E-state index is 0.00937. The van der Waals surface area contributed by atoms with Gasteiger partial charge in [-0.2, -0.15) is 26.3 Å². The van der Waals surface area contributed by atoms with Crippen LogP contribution in [0.2, 0.25) is 0 Å². The molecule has 0 fully saturated rings. The molecule has 0 aromatic heterocycles. The maximum atomic E-state index is 13.0. The number of ether oxygens (including phenoxy) is 2. The summed E-state index contributed by atoms with van der Waals surface area (Å²) >= 11 is 0. The van der Waals surface area contributed by atoms with E-state index < -0.39 is 35.6 Å². The third kappa shape index (κ3) is 4.47. The Morgan fingerprint density at radius 1 is 0.962 bits per heavy atom. The van der Waals surface area contributed by atoms with Gasteiger partial charge >= 0.3 is 12.4 Å². The zero-order chi connectivity index (χ0) is 19.5. The zero-order valence-electron chi connectivity index (χ0n) is 13.2. The van der Waals surface area contributed by atoms with Gasteiger partial charge in [0.1, 0.15) is 18.1 Å². The number of rotatable bonds is 5. The van der Waals surface area contributed by atoms with E-state index in [0.29, 0.717) is 30.2 Å². The highest BCUT2D eigenvalue weighted by Gasteiger charge is 2.37. The number of benzene rings is 2. The Bertz CT molecular complexity index is 796. The van der Waals surface area contributed by atoms with E-state index in [2.05, 4.69) is 0 Å². The van der Waals surface area contributed by atoms with Gasteiger partial charge in [0, 0.05) is 5.56 Å². The molecule has 0 N–H and O–H groups in total. The lowest BCUT2D eigenvalue weighted by Gasteiger charge is -2.17. The van der Waals surface area contributed by atoms with Crippen molar-refractivity contribution in [2.45, 2.75) is 19.0 Å². The highest BCUT2D eigenvalue weighted by atomic mass is 19.4. The summed E-state index contributed by atoms with van der Waals surface area (Å²) in [6, 6.07) is 5.07. The van der Waals surface area contributed by atoms with E-state index in [1.807, 2.05) is 0 Å². The minimum Gasteiger partial charge on any atom is -0.497 e. The predicted molar refractivity (Wildman–Crippen MR) is 79.2 cm³/mol. The fourth-order valence-electron chi connectivity index (χ4n) is 2.20. The van der Waals surface area contributed by atoms with Crippen molar-refractivity contribution in [3.63, 3.8) is 0 Å². The molecule has 0 atom stereocenters. The van der Waals surface area contributed by atoms with E-state index in [0.717, 1.165) is 0 Å². The molecule has 0 saturated carbocycles. The monoisotopic (exact) mass is 378 g/mol. The first-order valence-corrected chi connectivity index (χ1v) is 7.09. The smallest absolute Gasteiger partial charge is 0.416 e. The van der Waals surface area contributed by atoms with Gasteiger partial charge in [0.05, 0.1) is 23.8 Å². The number of aldehydes is 1. The van der Waals surface area contributed by atoms with Crippen molar-refractivity contribution in [1.82, 2.24) is 0 Å². The topological polar surface area (TPSA) is 35.5 Å². The molecule has 26 heavy (non-hydrogen) atoms. The van der Waals surface area contributed by atoms with Gasteiger partial charge in [-0.05, 0) is 36.4 Å². The van der Waals surface area contributed by atoms with Gasteiger partial charge in [-0.15, -0.1) is 0 Å². The molecule has 0 heterocycles. The van der Waals surface area contributed by atoms with Crippen molar-refractivity contribution in [2.24, 2.45) is 0 Å². The Morgan fingerprint density at radius 3 is 2.19 bits per heavy atom. The quantitative estimate of drug-likeness (QED) is 0.535. The summed E-state index contributed by atoms with van der Waals surface area (Å²) < 4.78 is 87.5. The number of alkyl halides is 6. The first kappa shape index (κ1) is 19.6. The fraction of sp³-hybridized carbons (Fsp3) is 0.235. The van der Waals surface area contributed by atoms with E-state index in [1.54, 1.807) is 0 Å². The van der Waals surface area contributed by atoms with Crippen molar-refractivity contribution in [1.29, 1.82) is 0 Å². The van der Waals surface area contributed by atoms with Gasteiger partial charge in [0.25, 0.3) is 0 Å². The van der Waals surface area contributed by atoms with Crippen molar-refractivity contribution in [3.8, 4) is 11.5 Å². The van der Waals surface area contributed by atoms with Crippen LogP contribution in [0.1, 0.15) is 27.0 Å². The molecule has 9 heteroatoms. The van der Waals surface area contributed by atoms with Crippen LogP contribution in [0.5, 0.6) is 11.5 Å². The SMILES string of the molecule is COc1ccc(OCc2cc(C(F)(F)F)ccc2C(F)(F)F)c(C=O)c1. The van der Waals surface area contributed by atoms with Gasteiger partial charge in [-0.3, -0.25) is 4.79 Å². The van der Waals surface area contributed by atoms with Gasteiger partial charge in [-0.25, -0.2) is 0 Å². The molecular formula is C17H12F6O3. The Morgan fingerprint density at radius 2 is 1.65 bits per heavy atom. The summed E-state index contributed by atoms with van der Waals surface area (Å²) in [5, 5.41) is 0. The maximum absolute atomic E-state index is 13.0. The molecule has 140 valence electrons. The van der Waals surface area contributed by atoms with Crippen molar-refractivity contribution >= 4 is 6.29 Å². The van der Waals surface area contributed by atoms with Crippen LogP contribution in [-0.2, 0) is 19.0 Å². The summed E-state index contributed by atoms with van der Waals surface area (Å²) in [5.41, 5.74) is -3.18. The first-order valence-electron chi connectivity index (χ1n) is 7.09. The highest BCUT2D eigenvalue weighted by molar-refractivity contribution is 5.80. The number of hydrogen-bond donors (Lipinski definition) is 0. The van der Waals surface area contributed by atoms with E-state index in [4.69, 9.17) is 9.47 Å². The molecule has 0 spiro atoms. The van der Waals surface area contributed by atoms with E-state index in [-0.39, 0.29) is 11.3 Å². The van der Waals surface area contributed by atoms with Crippen LogP contribution in [0, 0.1) is 0 Å². The Balaban J connectivity index is 2.37. The third-order valence-electron chi connectivity index (χ3n) is 3.47. The largest absolute Gasteiger partial charge is 0.497 e. The molecule has 0 amide bonds. The van der Waals surface area contributed by atoms with Crippen molar-refractivity contribution in [3.05, 3.63) is 58.7 Å². The number of methoxy groups -OCH3 is 1. The maximum Gasteiger partial charge on any atom is 0.416 e. The number of halogens is 6. The van der Waals surface area contributed by atoms with Crippen LogP contribution in [0.4, 0.5) is 26.3 Å². The second-order valence-electron chi connectivity index (χ2n) is 5.18. The van der Waals surface area contributed by atoms with Crippen LogP contribution in [-0.4, -0.2) is 13.4 Å². The van der Waals surface area contributed by atoms with E-state index >= 15 is 0 Å². The van der Waals surface area contributed by atoms with Gasteiger partial charge in [0.2, 0.25) is 0 Å². The second-order valence-corrected chi connectivity index (χ2v) is 5.18. The summed E-state index contributed by atoms with van der Waals surface area (Å²) in [7, 11) is 1.35. The number of carbonyl (C=O) groups excluding carboxylic acids is 1. The zero-order valence-corrected chi connectivity index (χ0v) is 13.2. The van der Waals surface area contributed by atoms with E-state index in [1.165, 1.54) is 25.3 Å². The molecule has 0 radical (unpaired) electrons. The molecule has 0 aliphatic rings. The molecule has 3 nitrogen and oxygen atoms in total. The molecule has 0 aliphatic carbocycles. The lowest BCUT2D eigenvalue weighted by Crippen LogP contribution is -2.14. The molecule has 2 aromatic rings. The minimum atomic E-state index is -4.85. The molecule has 2 rings (SSSR count). The molecule has 0 saturated heterocycles. The number of hydrogen-bond acceptors (Lipinski definition) is 3. The average molecular weight is 378 g/mol. The predicted octanol–water partition coefficient (Wildman–Crippen LogP) is 5.12. The molecule has 0 bridgehead atoms. The normalized spacial score (nSPS) is 12.0. The fourth-order valence-corrected chi connectivity index (χ4v) is 2.20. The lowest BCUT2D eigenvalue weighted by atomic mass is 10.0. The summed E-state index contributed by atoms with van der Waals surface area (Å²) in [6.45, 7) is -0.800. The standard InChI is InChI=1S/C17H12F6O3/c1-25-13-3-5-15(10(7-13)8-24)26-9-11-6-12(16(18,19)20)2-4-14(11)17(21,22)23/h2-8H,9H2,1H3. The molecule has 0 unspecified atom stereocenters. The Kier molecular flexibility index (Phi) is 5.48. The van der Waals surface area contributed by atoms with Gasteiger partial charge < -0.3 is 9.47 Å². The van der Waals surface area contributed by atoms with Crippen molar-refractivity contribution in [2.75, 3.05) is 7.11 Å². The Hall–Kier alpha value is -2.71. The molecular weight excluding hydrogens is 366 g/mol. The van der Waals surface area contributed by atoms with Crippen molar-refractivity contribution < 1.29 is 40.6 Å². The summed E-state index contributed by atoms with van der Waals surface area (Å²) in [4.78, 5) is 11.1.